The standard InChI is InChI=1S/C22H32N2O6/c1-5-13-30-24-19(25)14-17(21(26)29-4)22(24)9-11-23(12-10-22)15-16-7-6-8-18(27-2)20(16)28-3/h6-8,17H,5,9-15H2,1-4H3/t17-/m1/s1. The molecule has 2 fully saturated rings. The van der Waals surface area contributed by atoms with Crippen molar-refractivity contribution in [2.24, 2.45) is 5.92 Å². The zero-order valence-corrected chi connectivity index (χ0v) is 18.3. The highest BCUT2D eigenvalue weighted by molar-refractivity contribution is 5.88. The number of likely N-dealkylation sites (tertiary alicyclic amines) is 1. The topological polar surface area (TPSA) is 77.5 Å². The Bertz CT molecular complexity index is 760. The number of carbonyl (C=O) groups is 2. The molecule has 0 unspecified atom stereocenters. The van der Waals surface area contributed by atoms with Crippen LogP contribution in [0.15, 0.2) is 18.2 Å². The summed E-state index contributed by atoms with van der Waals surface area (Å²) in [6.07, 6.45) is 2.23. The summed E-state index contributed by atoms with van der Waals surface area (Å²) in [5.41, 5.74) is 0.396. The summed E-state index contributed by atoms with van der Waals surface area (Å²) in [4.78, 5) is 33.3. The quantitative estimate of drug-likeness (QED) is 0.598. The summed E-state index contributed by atoms with van der Waals surface area (Å²) in [7, 11) is 4.64. The summed E-state index contributed by atoms with van der Waals surface area (Å²) in [6, 6.07) is 5.85. The van der Waals surface area contributed by atoms with Crippen LogP contribution in [0.1, 0.15) is 38.2 Å². The number of benzene rings is 1. The molecule has 1 aromatic rings. The second-order valence-electron chi connectivity index (χ2n) is 7.83. The van der Waals surface area contributed by atoms with E-state index in [4.69, 9.17) is 19.0 Å². The number of para-hydroxylation sites is 1. The van der Waals surface area contributed by atoms with Crippen LogP contribution in [0, 0.1) is 5.92 Å². The molecule has 0 bridgehead atoms. The molecule has 2 saturated heterocycles. The van der Waals surface area contributed by atoms with Gasteiger partial charge in [0.1, 0.15) is 0 Å². The number of ether oxygens (including phenoxy) is 3. The molecule has 2 aliphatic heterocycles. The third kappa shape index (κ3) is 4.11. The van der Waals surface area contributed by atoms with Crippen LogP contribution in [-0.4, -0.2) is 68.4 Å². The minimum Gasteiger partial charge on any atom is -0.493 e. The highest BCUT2D eigenvalue weighted by Gasteiger charge is 2.58. The third-order valence-electron chi connectivity index (χ3n) is 6.17. The van der Waals surface area contributed by atoms with Gasteiger partial charge in [-0.15, -0.1) is 0 Å². The Hall–Kier alpha value is -2.32. The first-order chi connectivity index (χ1) is 14.5. The van der Waals surface area contributed by atoms with E-state index in [0.29, 0.717) is 31.7 Å². The number of hydroxylamine groups is 2. The lowest BCUT2D eigenvalue weighted by Gasteiger charge is -2.45. The number of methoxy groups -OCH3 is 3. The predicted octanol–water partition coefficient (Wildman–Crippen LogP) is 2.40. The van der Waals surface area contributed by atoms with Crippen LogP contribution in [-0.2, 0) is 25.7 Å². The van der Waals surface area contributed by atoms with Gasteiger partial charge in [-0.05, 0) is 25.3 Å². The fraction of sp³-hybridized carbons (Fsp3) is 0.636. The van der Waals surface area contributed by atoms with Crippen molar-refractivity contribution >= 4 is 11.9 Å². The molecule has 1 spiro atoms. The summed E-state index contributed by atoms with van der Waals surface area (Å²) < 4.78 is 16.0. The van der Waals surface area contributed by atoms with Crippen LogP contribution in [0.5, 0.6) is 11.5 Å². The lowest BCUT2D eigenvalue weighted by molar-refractivity contribution is -0.223. The van der Waals surface area contributed by atoms with Crippen molar-refractivity contribution < 1.29 is 28.6 Å². The molecule has 166 valence electrons. The van der Waals surface area contributed by atoms with Crippen LogP contribution >= 0.6 is 0 Å². The van der Waals surface area contributed by atoms with E-state index in [0.717, 1.165) is 30.8 Å². The molecular weight excluding hydrogens is 388 g/mol. The highest BCUT2D eigenvalue weighted by atomic mass is 16.7. The molecule has 0 N–H and O–H groups in total. The Labute approximate surface area is 178 Å². The molecule has 3 rings (SSSR count). The van der Waals surface area contributed by atoms with Crippen LogP contribution in [0.3, 0.4) is 0 Å². The van der Waals surface area contributed by atoms with Gasteiger partial charge in [0.2, 0.25) is 5.91 Å². The fourth-order valence-electron chi connectivity index (χ4n) is 4.63. The summed E-state index contributed by atoms with van der Waals surface area (Å²) >= 11 is 0. The molecule has 2 heterocycles. The van der Waals surface area contributed by atoms with Gasteiger partial charge in [0.25, 0.3) is 0 Å². The van der Waals surface area contributed by atoms with Gasteiger partial charge in [-0.1, -0.05) is 19.1 Å². The maximum Gasteiger partial charge on any atom is 0.311 e. The van der Waals surface area contributed by atoms with E-state index in [1.807, 2.05) is 25.1 Å². The molecule has 30 heavy (non-hydrogen) atoms. The van der Waals surface area contributed by atoms with Crippen LogP contribution in [0.4, 0.5) is 0 Å². The first-order valence-electron chi connectivity index (χ1n) is 10.5. The Morgan fingerprint density at radius 2 is 1.90 bits per heavy atom. The normalized spacial score (nSPS) is 21.1. The molecule has 8 heteroatoms. The van der Waals surface area contributed by atoms with Gasteiger partial charge in [-0.25, -0.2) is 5.06 Å². The number of carbonyl (C=O) groups excluding carboxylic acids is 2. The Kier molecular flexibility index (Phi) is 7.20. The van der Waals surface area contributed by atoms with Gasteiger partial charge in [0.05, 0.1) is 39.4 Å². The van der Waals surface area contributed by atoms with Crippen LogP contribution < -0.4 is 9.47 Å². The fourth-order valence-corrected chi connectivity index (χ4v) is 4.63. The van der Waals surface area contributed by atoms with Gasteiger partial charge < -0.3 is 14.2 Å². The Morgan fingerprint density at radius 3 is 2.50 bits per heavy atom. The number of esters is 1. The van der Waals surface area contributed by atoms with Crippen molar-refractivity contribution in [1.29, 1.82) is 0 Å². The minimum absolute atomic E-state index is 0.137. The zero-order valence-electron chi connectivity index (χ0n) is 18.3. The largest absolute Gasteiger partial charge is 0.493 e. The van der Waals surface area contributed by atoms with Crippen LogP contribution in [0.2, 0.25) is 0 Å². The highest BCUT2D eigenvalue weighted by Crippen LogP contribution is 2.45. The first-order valence-corrected chi connectivity index (χ1v) is 10.5. The lowest BCUT2D eigenvalue weighted by Crippen LogP contribution is -2.57. The van der Waals surface area contributed by atoms with Gasteiger partial charge in [0, 0.05) is 31.6 Å². The minimum atomic E-state index is -0.645. The molecule has 1 amide bonds. The van der Waals surface area contributed by atoms with E-state index in [2.05, 4.69) is 4.90 Å². The lowest BCUT2D eigenvalue weighted by atomic mass is 9.77. The summed E-state index contributed by atoms with van der Waals surface area (Å²) in [5, 5.41) is 1.49. The van der Waals surface area contributed by atoms with E-state index >= 15 is 0 Å². The molecule has 0 aromatic heterocycles. The maximum absolute atomic E-state index is 12.7. The number of piperidine rings is 1. The zero-order chi connectivity index (χ0) is 21.7. The van der Waals surface area contributed by atoms with Crippen molar-refractivity contribution in [1.82, 2.24) is 9.96 Å². The smallest absolute Gasteiger partial charge is 0.311 e. The Morgan fingerprint density at radius 1 is 1.17 bits per heavy atom. The van der Waals surface area contributed by atoms with E-state index in [1.54, 1.807) is 14.2 Å². The molecule has 1 aromatic carbocycles. The molecule has 0 radical (unpaired) electrons. The molecule has 8 nitrogen and oxygen atoms in total. The summed E-state index contributed by atoms with van der Waals surface area (Å²) in [6.45, 7) is 4.60. The molecule has 0 aliphatic carbocycles. The van der Waals surface area contributed by atoms with E-state index in [9.17, 15) is 9.59 Å². The number of amides is 1. The summed E-state index contributed by atoms with van der Waals surface area (Å²) in [5.74, 6) is 0.461. The number of rotatable bonds is 8. The maximum atomic E-state index is 12.7. The average Bonchev–Trinajstić information content (AvgIpc) is 3.04. The van der Waals surface area contributed by atoms with E-state index in [-0.39, 0.29) is 18.3 Å². The Balaban J connectivity index is 1.77. The predicted molar refractivity (Wildman–Crippen MR) is 110 cm³/mol. The molecule has 0 saturated carbocycles. The van der Waals surface area contributed by atoms with Gasteiger partial charge >= 0.3 is 5.97 Å². The monoisotopic (exact) mass is 420 g/mol. The number of nitrogens with zero attached hydrogens (tertiary/aromatic N) is 2. The number of hydrogen-bond donors (Lipinski definition) is 0. The van der Waals surface area contributed by atoms with Gasteiger partial charge in [-0.3, -0.25) is 19.3 Å². The van der Waals surface area contributed by atoms with Crippen molar-refractivity contribution in [2.75, 3.05) is 41.0 Å². The van der Waals surface area contributed by atoms with Crippen molar-refractivity contribution in [3.63, 3.8) is 0 Å². The molecule has 2 aliphatic rings. The third-order valence-corrected chi connectivity index (χ3v) is 6.17. The van der Waals surface area contributed by atoms with E-state index < -0.39 is 11.5 Å². The molecule has 1 atom stereocenters. The van der Waals surface area contributed by atoms with Crippen LogP contribution in [0.25, 0.3) is 0 Å². The van der Waals surface area contributed by atoms with Crippen molar-refractivity contribution in [3.05, 3.63) is 23.8 Å². The van der Waals surface area contributed by atoms with E-state index in [1.165, 1.54) is 12.2 Å². The first kappa shape index (κ1) is 22.4. The SMILES string of the molecule is CCCON1C(=O)C[C@H](C(=O)OC)C12CCN(Cc1cccc(OC)c1OC)CC2. The second kappa shape index (κ2) is 9.66. The molecular formula is C22H32N2O6. The van der Waals surface area contributed by atoms with Gasteiger partial charge in [-0.2, -0.15) is 0 Å². The average molecular weight is 421 g/mol. The second-order valence-corrected chi connectivity index (χ2v) is 7.83. The van der Waals surface area contributed by atoms with Gasteiger partial charge in [0.15, 0.2) is 11.5 Å². The number of hydrogen-bond acceptors (Lipinski definition) is 7. The van der Waals surface area contributed by atoms with Crippen molar-refractivity contribution in [3.8, 4) is 11.5 Å². The van der Waals surface area contributed by atoms with Crippen molar-refractivity contribution in [2.45, 2.75) is 44.7 Å².